The second-order valence-electron chi connectivity index (χ2n) is 8.49. The number of benzene rings is 2. The number of hydrogen-bond acceptors (Lipinski definition) is 5. The van der Waals surface area contributed by atoms with Gasteiger partial charge in [0.15, 0.2) is 5.60 Å². The molecule has 2 aromatic rings. The first-order valence-electron chi connectivity index (χ1n) is 10.9. The zero-order valence-electron chi connectivity index (χ0n) is 18.1. The van der Waals surface area contributed by atoms with Gasteiger partial charge in [0.05, 0.1) is 12.2 Å². The summed E-state index contributed by atoms with van der Waals surface area (Å²) in [6.45, 7) is 6.00. The average molecular weight is 424 g/mol. The molecule has 4 rings (SSSR count). The van der Waals surface area contributed by atoms with E-state index in [9.17, 15) is 9.59 Å². The van der Waals surface area contributed by atoms with Crippen LogP contribution in [0.2, 0.25) is 0 Å². The average Bonchev–Trinajstić information content (AvgIpc) is 2.79. The molecule has 1 atom stereocenters. The molecular weight excluding hydrogens is 394 g/mol. The van der Waals surface area contributed by atoms with Crippen LogP contribution in [0.15, 0.2) is 48.5 Å². The molecule has 2 heterocycles. The molecule has 1 fully saturated rings. The first kappa shape index (κ1) is 21.4. The van der Waals surface area contributed by atoms with E-state index in [4.69, 9.17) is 14.2 Å². The van der Waals surface area contributed by atoms with Crippen LogP contribution in [0.1, 0.15) is 48.2 Å². The summed E-state index contributed by atoms with van der Waals surface area (Å²) in [6, 6.07) is 15.4. The van der Waals surface area contributed by atoms with Gasteiger partial charge in [0.25, 0.3) is 5.91 Å². The van der Waals surface area contributed by atoms with Crippen LogP contribution in [0.3, 0.4) is 0 Å². The summed E-state index contributed by atoms with van der Waals surface area (Å²) in [5.41, 5.74) is 1.06. The number of carbonyl (C=O) groups excluding carboxylic acids is 2. The third kappa shape index (κ3) is 4.30. The third-order valence-corrected chi connectivity index (χ3v) is 6.38. The normalized spacial score (nSPS) is 22.2. The highest BCUT2D eigenvalue weighted by atomic mass is 16.6. The van der Waals surface area contributed by atoms with E-state index in [-0.39, 0.29) is 11.3 Å². The van der Waals surface area contributed by atoms with Gasteiger partial charge in [0, 0.05) is 31.6 Å². The number of carbonyl (C=O) groups is 2. The topological polar surface area (TPSA) is 73.9 Å². The first-order valence-corrected chi connectivity index (χ1v) is 10.9. The van der Waals surface area contributed by atoms with Gasteiger partial charge in [-0.05, 0) is 56.0 Å². The lowest BCUT2D eigenvalue weighted by Crippen LogP contribution is -2.54. The number of rotatable bonds is 6. The highest BCUT2D eigenvalue weighted by Crippen LogP contribution is 2.36. The molecule has 31 heavy (non-hydrogen) atoms. The molecule has 0 aromatic heterocycles. The van der Waals surface area contributed by atoms with Crippen molar-refractivity contribution in [1.82, 2.24) is 5.32 Å². The van der Waals surface area contributed by atoms with Gasteiger partial charge in [-0.25, -0.2) is 4.79 Å². The van der Waals surface area contributed by atoms with E-state index >= 15 is 0 Å². The van der Waals surface area contributed by atoms with Crippen LogP contribution < -0.4 is 10.1 Å². The van der Waals surface area contributed by atoms with Crippen molar-refractivity contribution in [2.45, 2.75) is 44.1 Å². The number of nitrogens with one attached hydrogen (secondary N) is 1. The molecule has 2 aliphatic heterocycles. The van der Waals surface area contributed by atoms with E-state index in [2.05, 4.69) is 17.4 Å². The van der Waals surface area contributed by atoms with Gasteiger partial charge in [-0.1, -0.05) is 30.3 Å². The number of amides is 1. The van der Waals surface area contributed by atoms with Crippen molar-refractivity contribution < 1.29 is 23.8 Å². The smallest absolute Gasteiger partial charge is 0.339 e. The Morgan fingerprint density at radius 2 is 1.81 bits per heavy atom. The molecule has 6 heteroatoms. The highest BCUT2D eigenvalue weighted by Gasteiger charge is 2.44. The van der Waals surface area contributed by atoms with Gasteiger partial charge in [0.1, 0.15) is 5.75 Å². The molecular formula is C25H29NO5. The molecule has 0 radical (unpaired) electrons. The zero-order valence-corrected chi connectivity index (χ0v) is 18.1. The lowest BCUT2D eigenvalue weighted by atomic mass is 9.74. The van der Waals surface area contributed by atoms with Gasteiger partial charge in [0.2, 0.25) is 0 Å². The number of esters is 1. The van der Waals surface area contributed by atoms with E-state index < -0.39 is 11.6 Å². The maximum atomic E-state index is 13.2. The van der Waals surface area contributed by atoms with E-state index in [0.29, 0.717) is 38.3 Å². The van der Waals surface area contributed by atoms with Gasteiger partial charge in [-0.2, -0.15) is 0 Å². The van der Waals surface area contributed by atoms with E-state index in [1.807, 2.05) is 31.2 Å². The fourth-order valence-corrected chi connectivity index (χ4v) is 4.50. The number of cyclic esters (lactones) is 1. The lowest BCUT2D eigenvalue weighted by Gasteiger charge is -2.39. The molecule has 0 aliphatic carbocycles. The Morgan fingerprint density at radius 3 is 2.52 bits per heavy atom. The summed E-state index contributed by atoms with van der Waals surface area (Å²) in [7, 11) is 0. The van der Waals surface area contributed by atoms with Gasteiger partial charge in [-0.3, -0.25) is 4.79 Å². The fourth-order valence-electron chi connectivity index (χ4n) is 4.50. The molecule has 2 aromatic carbocycles. The largest absolute Gasteiger partial charge is 0.494 e. The minimum Gasteiger partial charge on any atom is -0.494 e. The molecule has 0 spiro atoms. The summed E-state index contributed by atoms with van der Waals surface area (Å²) in [4.78, 5) is 25.6. The number of hydrogen-bond donors (Lipinski definition) is 1. The summed E-state index contributed by atoms with van der Waals surface area (Å²) >= 11 is 0. The van der Waals surface area contributed by atoms with Gasteiger partial charge >= 0.3 is 5.97 Å². The Morgan fingerprint density at radius 1 is 1.10 bits per heavy atom. The lowest BCUT2D eigenvalue weighted by molar-refractivity contribution is -0.140. The third-order valence-electron chi connectivity index (χ3n) is 6.38. The van der Waals surface area contributed by atoms with Gasteiger partial charge < -0.3 is 19.5 Å². The Balaban J connectivity index is 1.51. The van der Waals surface area contributed by atoms with Crippen LogP contribution in [-0.4, -0.2) is 43.8 Å². The molecule has 1 unspecified atom stereocenters. The fraction of sp³-hybridized carbons (Fsp3) is 0.440. The van der Waals surface area contributed by atoms with E-state index in [0.717, 1.165) is 29.7 Å². The minimum atomic E-state index is -1.23. The minimum absolute atomic E-state index is 0.231. The second-order valence-corrected chi connectivity index (χ2v) is 8.49. The first-order chi connectivity index (χ1) is 15.0. The van der Waals surface area contributed by atoms with Crippen LogP contribution in [0, 0.1) is 0 Å². The Labute approximate surface area is 182 Å². The van der Waals surface area contributed by atoms with Gasteiger partial charge in [-0.15, -0.1) is 0 Å². The molecule has 2 aliphatic rings. The van der Waals surface area contributed by atoms with Crippen LogP contribution in [-0.2, 0) is 26.1 Å². The molecule has 164 valence electrons. The molecule has 6 nitrogen and oxygen atoms in total. The maximum absolute atomic E-state index is 13.2. The Hall–Kier alpha value is -2.86. The van der Waals surface area contributed by atoms with E-state index in [1.54, 1.807) is 19.1 Å². The molecule has 1 N–H and O–H groups in total. The number of fused-ring (bicyclic) bond motifs is 1. The predicted molar refractivity (Wildman–Crippen MR) is 116 cm³/mol. The highest BCUT2D eigenvalue weighted by molar-refractivity contribution is 5.97. The van der Waals surface area contributed by atoms with Crippen LogP contribution in [0.5, 0.6) is 5.75 Å². The Bertz CT molecular complexity index is 949. The second kappa shape index (κ2) is 8.71. The van der Waals surface area contributed by atoms with Crippen LogP contribution in [0.4, 0.5) is 0 Å². The SMILES string of the molecule is CCOc1ccc(C2(CNC(=O)C3(C)Cc4ccccc4C(=O)O3)CCOCC2)cc1. The van der Waals surface area contributed by atoms with Crippen molar-refractivity contribution in [3.05, 3.63) is 65.2 Å². The van der Waals surface area contributed by atoms with Crippen molar-refractivity contribution >= 4 is 11.9 Å². The standard InChI is InChI=1S/C25H29NO5/c1-3-30-20-10-8-19(9-11-20)25(12-14-29-15-13-25)17-26-23(28)24(2)16-18-6-4-5-7-21(18)22(27)31-24/h4-11H,3,12-17H2,1-2H3,(H,26,28). The molecule has 1 amide bonds. The van der Waals surface area contributed by atoms with Crippen molar-refractivity contribution in [2.24, 2.45) is 0 Å². The summed E-state index contributed by atoms with van der Waals surface area (Å²) < 4.78 is 16.8. The summed E-state index contributed by atoms with van der Waals surface area (Å²) in [5, 5.41) is 3.09. The van der Waals surface area contributed by atoms with Crippen molar-refractivity contribution in [3.8, 4) is 5.75 Å². The quantitative estimate of drug-likeness (QED) is 0.721. The van der Waals surface area contributed by atoms with Crippen molar-refractivity contribution in [3.63, 3.8) is 0 Å². The molecule has 0 bridgehead atoms. The maximum Gasteiger partial charge on any atom is 0.339 e. The monoisotopic (exact) mass is 423 g/mol. The number of ether oxygens (including phenoxy) is 3. The summed E-state index contributed by atoms with van der Waals surface area (Å²) in [5.74, 6) is 0.108. The van der Waals surface area contributed by atoms with Crippen molar-refractivity contribution in [1.29, 1.82) is 0 Å². The Kier molecular flexibility index (Phi) is 6.01. The predicted octanol–water partition coefficient (Wildman–Crippen LogP) is 3.42. The molecule has 1 saturated heterocycles. The van der Waals surface area contributed by atoms with E-state index in [1.165, 1.54) is 0 Å². The van der Waals surface area contributed by atoms with Crippen molar-refractivity contribution in [2.75, 3.05) is 26.4 Å². The van der Waals surface area contributed by atoms with Crippen LogP contribution >= 0.6 is 0 Å². The zero-order chi connectivity index (χ0) is 21.9. The molecule has 0 saturated carbocycles. The van der Waals surface area contributed by atoms with Crippen LogP contribution in [0.25, 0.3) is 0 Å². The summed E-state index contributed by atoms with van der Waals surface area (Å²) in [6.07, 6.45) is 1.97.